The third kappa shape index (κ3) is 2.75. The largest absolute Gasteiger partial charge is 0.396 e. The normalized spacial score (nSPS) is 47.0. The second-order valence-corrected chi connectivity index (χ2v) is 9.03. The first-order chi connectivity index (χ1) is 10.2. The fraction of sp³-hybridized carbons (Fsp3) is 1.00. The van der Waals surface area contributed by atoms with Crippen LogP contribution in [0, 0.1) is 28.6 Å². The number of hydrogen-bond acceptors (Lipinski definition) is 2. The Bertz CT molecular complexity index is 378. The van der Waals surface area contributed by atoms with Crippen LogP contribution in [0.4, 0.5) is 0 Å². The number of fused-ring (bicyclic) bond motifs is 1. The third-order valence-corrected chi connectivity index (χ3v) is 8.00. The molecule has 2 nitrogen and oxygen atoms in total. The van der Waals surface area contributed by atoms with Crippen molar-refractivity contribution in [2.45, 2.75) is 91.6 Å². The highest BCUT2D eigenvalue weighted by Gasteiger charge is 2.61. The molecule has 0 radical (unpaired) electrons. The molecule has 0 unspecified atom stereocenters. The van der Waals surface area contributed by atoms with Gasteiger partial charge in [0.2, 0.25) is 0 Å². The Kier molecular flexibility index (Phi) is 5.34. The smallest absolute Gasteiger partial charge is 0.0700 e. The van der Waals surface area contributed by atoms with Crippen LogP contribution in [0.15, 0.2) is 0 Å². The number of aliphatic hydroxyl groups is 2. The molecule has 0 aromatic rings. The highest BCUT2D eigenvalue weighted by Crippen LogP contribution is 2.64. The topological polar surface area (TPSA) is 40.5 Å². The van der Waals surface area contributed by atoms with Crippen molar-refractivity contribution in [3.63, 3.8) is 0 Å². The summed E-state index contributed by atoms with van der Waals surface area (Å²) in [5, 5.41) is 21.4. The first-order valence-corrected chi connectivity index (χ1v) is 9.56. The molecule has 2 aliphatic carbocycles. The van der Waals surface area contributed by atoms with E-state index in [0.29, 0.717) is 11.8 Å². The van der Waals surface area contributed by atoms with E-state index in [9.17, 15) is 10.2 Å². The van der Waals surface area contributed by atoms with Gasteiger partial charge in [0, 0.05) is 5.41 Å². The molecule has 2 fully saturated rings. The van der Waals surface area contributed by atoms with E-state index in [1.807, 2.05) is 6.92 Å². The van der Waals surface area contributed by atoms with Crippen molar-refractivity contribution in [2.75, 3.05) is 6.61 Å². The van der Waals surface area contributed by atoms with Gasteiger partial charge in [0.15, 0.2) is 0 Å². The molecule has 22 heavy (non-hydrogen) atoms. The van der Waals surface area contributed by atoms with Crippen LogP contribution in [-0.4, -0.2) is 22.4 Å². The zero-order valence-corrected chi connectivity index (χ0v) is 15.5. The summed E-state index contributed by atoms with van der Waals surface area (Å²) in [6.07, 6.45) is 9.02. The van der Waals surface area contributed by atoms with Crippen LogP contribution < -0.4 is 0 Å². The molecule has 2 N–H and O–H groups in total. The van der Waals surface area contributed by atoms with Gasteiger partial charge in [0.25, 0.3) is 0 Å². The lowest BCUT2D eigenvalue weighted by Gasteiger charge is -2.63. The van der Waals surface area contributed by atoms with E-state index in [2.05, 4.69) is 27.7 Å². The highest BCUT2D eigenvalue weighted by atomic mass is 16.3. The number of rotatable bonds is 5. The second kappa shape index (κ2) is 6.43. The molecule has 2 saturated carbocycles. The Balaban J connectivity index is 2.32. The average Bonchev–Trinajstić information content (AvgIpc) is 2.49. The standard InChI is InChI=1S/C20H38O2/c1-6-15(2)9-12-18(4)16(3)10-13-20(14-21)17(18)8-7-11-19(20,5)22/h15-17,21-22H,6-14H2,1-5H3/t15-,16-,17+,18+,19-,20+/m1/s1. The number of aliphatic hydroxyl groups excluding tert-OH is 1. The molecule has 0 heterocycles. The molecule has 6 atom stereocenters. The van der Waals surface area contributed by atoms with Crippen LogP contribution in [0.2, 0.25) is 0 Å². The Morgan fingerprint density at radius 1 is 1.18 bits per heavy atom. The molecule has 0 aromatic carbocycles. The third-order valence-electron chi connectivity index (χ3n) is 8.00. The molecule has 2 rings (SSSR count). The minimum absolute atomic E-state index is 0.149. The van der Waals surface area contributed by atoms with E-state index in [0.717, 1.165) is 31.6 Å². The predicted octanol–water partition coefficient (Wildman–Crippen LogP) is 4.78. The lowest BCUT2D eigenvalue weighted by molar-refractivity contribution is -0.217. The minimum Gasteiger partial charge on any atom is -0.396 e. The maximum absolute atomic E-state index is 11.1. The van der Waals surface area contributed by atoms with Crippen LogP contribution in [0.3, 0.4) is 0 Å². The lowest BCUT2D eigenvalue weighted by atomic mass is 9.43. The average molecular weight is 311 g/mol. The Labute approximate surface area is 137 Å². The molecule has 0 aliphatic heterocycles. The van der Waals surface area contributed by atoms with Crippen molar-refractivity contribution in [1.29, 1.82) is 0 Å². The van der Waals surface area contributed by atoms with E-state index in [4.69, 9.17) is 0 Å². The maximum atomic E-state index is 11.1. The lowest BCUT2D eigenvalue weighted by Crippen LogP contribution is -2.63. The first-order valence-electron chi connectivity index (χ1n) is 9.56. The van der Waals surface area contributed by atoms with E-state index in [1.54, 1.807) is 0 Å². The quantitative estimate of drug-likeness (QED) is 0.767. The van der Waals surface area contributed by atoms with E-state index >= 15 is 0 Å². The van der Waals surface area contributed by atoms with Crippen LogP contribution in [-0.2, 0) is 0 Å². The van der Waals surface area contributed by atoms with Crippen LogP contribution >= 0.6 is 0 Å². The molecule has 0 bridgehead atoms. The van der Waals surface area contributed by atoms with Gasteiger partial charge in [-0.1, -0.05) is 47.0 Å². The van der Waals surface area contributed by atoms with Gasteiger partial charge in [0.1, 0.15) is 0 Å². The van der Waals surface area contributed by atoms with E-state index < -0.39 is 5.60 Å². The summed E-state index contributed by atoms with van der Waals surface area (Å²) in [6, 6.07) is 0. The van der Waals surface area contributed by atoms with E-state index in [-0.39, 0.29) is 17.4 Å². The Morgan fingerprint density at radius 2 is 1.86 bits per heavy atom. The Morgan fingerprint density at radius 3 is 2.45 bits per heavy atom. The summed E-state index contributed by atoms with van der Waals surface area (Å²) >= 11 is 0. The molecule has 2 heteroatoms. The van der Waals surface area contributed by atoms with Crippen LogP contribution in [0.5, 0.6) is 0 Å². The van der Waals surface area contributed by atoms with E-state index in [1.165, 1.54) is 25.7 Å². The summed E-state index contributed by atoms with van der Waals surface area (Å²) < 4.78 is 0. The summed E-state index contributed by atoms with van der Waals surface area (Å²) in [6.45, 7) is 11.6. The van der Waals surface area contributed by atoms with Crippen molar-refractivity contribution in [3.8, 4) is 0 Å². The summed E-state index contributed by atoms with van der Waals surface area (Å²) in [5.41, 5.74) is -0.723. The predicted molar refractivity (Wildman–Crippen MR) is 92.7 cm³/mol. The second-order valence-electron chi connectivity index (χ2n) is 9.03. The molecule has 0 amide bonds. The molecular weight excluding hydrogens is 272 g/mol. The molecule has 2 aliphatic rings. The maximum Gasteiger partial charge on any atom is 0.0700 e. The fourth-order valence-electron chi connectivity index (χ4n) is 5.64. The van der Waals surface area contributed by atoms with Gasteiger partial charge in [0.05, 0.1) is 12.2 Å². The summed E-state index contributed by atoms with van der Waals surface area (Å²) in [7, 11) is 0. The van der Waals surface area contributed by atoms with Crippen LogP contribution in [0.1, 0.15) is 86.0 Å². The first kappa shape index (κ1) is 18.3. The van der Waals surface area contributed by atoms with Gasteiger partial charge in [-0.3, -0.25) is 0 Å². The molecule has 0 saturated heterocycles. The molecule has 0 spiro atoms. The molecular formula is C20H38O2. The van der Waals surface area contributed by atoms with Crippen LogP contribution in [0.25, 0.3) is 0 Å². The van der Waals surface area contributed by atoms with Gasteiger partial charge in [-0.25, -0.2) is 0 Å². The van der Waals surface area contributed by atoms with Gasteiger partial charge in [-0.15, -0.1) is 0 Å². The number of hydrogen-bond donors (Lipinski definition) is 2. The van der Waals surface area contributed by atoms with Crippen molar-refractivity contribution in [2.24, 2.45) is 28.6 Å². The highest BCUT2D eigenvalue weighted by molar-refractivity contribution is 5.11. The van der Waals surface area contributed by atoms with Gasteiger partial charge < -0.3 is 10.2 Å². The molecule has 0 aromatic heterocycles. The van der Waals surface area contributed by atoms with Crippen molar-refractivity contribution in [3.05, 3.63) is 0 Å². The zero-order chi connectivity index (χ0) is 16.6. The van der Waals surface area contributed by atoms with Crippen molar-refractivity contribution < 1.29 is 10.2 Å². The van der Waals surface area contributed by atoms with Gasteiger partial charge in [-0.2, -0.15) is 0 Å². The summed E-state index contributed by atoms with van der Waals surface area (Å²) in [5.74, 6) is 1.93. The summed E-state index contributed by atoms with van der Waals surface area (Å²) in [4.78, 5) is 0. The SMILES string of the molecule is CC[C@@H](C)CC[C@@]1(C)[C@H](C)CC[C@]2(CO)[C@H]1CCC[C@@]2(C)O. The van der Waals surface area contributed by atoms with Crippen molar-refractivity contribution in [1.82, 2.24) is 0 Å². The van der Waals surface area contributed by atoms with Gasteiger partial charge in [-0.05, 0) is 62.2 Å². The van der Waals surface area contributed by atoms with Gasteiger partial charge >= 0.3 is 0 Å². The molecule has 130 valence electrons. The minimum atomic E-state index is -0.706. The Hall–Kier alpha value is -0.0800. The zero-order valence-electron chi connectivity index (χ0n) is 15.5. The monoisotopic (exact) mass is 310 g/mol. The fourth-order valence-corrected chi connectivity index (χ4v) is 5.64. The van der Waals surface area contributed by atoms with Crippen molar-refractivity contribution >= 4 is 0 Å².